The fourth-order valence-electron chi connectivity index (χ4n) is 2.58. The third-order valence-corrected chi connectivity index (χ3v) is 4.15. The van der Waals surface area contributed by atoms with Gasteiger partial charge in [0.2, 0.25) is 0 Å². The molecule has 3 rings (SSSR count). The predicted molar refractivity (Wildman–Crippen MR) is 99.8 cm³/mol. The van der Waals surface area contributed by atoms with Crippen molar-refractivity contribution in [2.75, 3.05) is 13.1 Å². The van der Waals surface area contributed by atoms with Crippen LogP contribution in [0.15, 0.2) is 48.7 Å². The number of halogens is 2. The first kappa shape index (κ1) is 19.2. The van der Waals surface area contributed by atoms with Crippen LogP contribution >= 0.6 is 0 Å². The fourth-order valence-corrected chi connectivity index (χ4v) is 2.58. The fraction of sp³-hybridized carbons (Fsp3) is 0.150. The van der Waals surface area contributed by atoms with Crippen LogP contribution in [0.4, 0.5) is 8.78 Å². The molecule has 3 aromatic rings. The Morgan fingerprint density at radius 3 is 2.36 bits per heavy atom. The summed E-state index contributed by atoms with van der Waals surface area (Å²) in [5.41, 5.74) is 2.07. The second-order valence-electron chi connectivity index (χ2n) is 6.14. The van der Waals surface area contributed by atoms with Crippen LogP contribution in [0.5, 0.6) is 0 Å². The van der Waals surface area contributed by atoms with E-state index in [9.17, 15) is 18.4 Å². The molecular formula is C20H18F2N4O2. The van der Waals surface area contributed by atoms with Gasteiger partial charge >= 0.3 is 0 Å². The van der Waals surface area contributed by atoms with Gasteiger partial charge in [-0.15, -0.1) is 0 Å². The zero-order chi connectivity index (χ0) is 20.1. The SMILES string of the molecule is Cc1ccc(C(=O)NCCNC(=O)c2cn[nH]c2-c2ccc(F)cc2)cc1F. The van der Waals surface area contributed by atoms with Crippen molar-refractivity contribution >= 4 is 11.8 Å². The lowest BCUT2D eigenvalue weighted by atomic mass is 10.1. The average Bonchev–Trinajstić information content (AvgIpc) is 3.17. The number of nitrogens with zero attached hydrogens (tertiary/aromatic N) is 1. The molecule has 2 amide bonds. The molecule has 2 aromatic carbocycles. The monoisotopic (exact) mass is 384 g/mol. The van der Waals surface area contributed by atoms with E-state index in [1.54, 1.807) is 19.1 Å². The molecule has 0 aliphatic rings. The smallest absolute Gasteiger partial charge is 0.255 e. The Kier molecular flexibility index (Phi) is 5.78. The maximum atomic E-state index is 13.5. The predicted octanol–water partition coefficient (Wildman–Crippen LogP) is 2.82. The standard InChI is InChI=1S/C20H18F2N4O2/c1-12-2-3-14(10-17(12)22)19(27)23-8-9-24-20(28)16-11-25-26-18(16)13-4-6-15(21)7-5-13/h2-7,10-11H,8-9H2,1H3,(H,23,27)(H,24,28)(H,25,26). The van der Waals surface area contributed by atoms with Crippen LogP contribution in [0.3, 0.4) is 0 Å². The van der Waals surface area contributed by atoms with E-state index in [0.717, 1.165) is 0 Å². The molecule has 0 spiro atoms. The number of hydrogen-bond acceptors (Lipinski definition) is 3. The highest BCUT2D eigenvalue weighted by molar-refractivity contribution is 5.99. The zero-order valence-corrected chi connectivity index (χ0v) is 15.1. The van der Waals surface area contributed by atoms with Crippen molar-refractivity contribution in [2.45, 2.75) is 6.92 Å². The number of carbonyl (C=O) groups excluding carboxylic acids is 2. The molecule has 0 radical (unpaired) electrons. The number of rotatable bonds is 6. The summed E-state index contributed by atoms with van der Waals surface area (Å²) < 4.78 is 26.6. The summed E-state index contributed by atoms with van der Waals surface area (Å²) in [4.78, 5) is 24.4. The van der Waals surface area contributed by atoms with E-state index < -0.39 is 11.7 Å². The van der Waals surface area contributed by atoms with Gasteiger partial charge in [0.15, 0.2) is 0 Å². The molecule has 1 aromatic heterocycles. The van der Waals surface area contributed by atoms with Crippen molar-refractivity contribution in [3.63, 3.8) is 0 Å². The van der Waals surface area contributed by atoms with Gasteiger partial charge in [-0.25, -0.2) is 8.78 Å². The maximum absolute atomic E-state index is 13.5. The van der Waals surface area contributed by atoms with Crippen LogP contribution in [0, 0.1) is 18.6 Å². The summed E-state index contributed by atoms with van der Waals surface area (Å²) >= 11 is 0. The molecule has 8 heteroatoms. The number of benzene rings is 2. The third kappa shape index (κ3) is 4.40. The second kappa shape index (κ2) is 8.43. The van der Waals surface area contributed by atoms with Gasteiger partial charge in [0, 0.05) is 24.2 Å². The Labute approximate surface area is 160 Å². The lowest BCUT2D eigenvalue weighted by Gasteiger charge is -2.08. The maximum Gasteiger partial charge on any atom is 0.255 e. The van der Waals surface area contributed by atoms with Crippen LogP contribution < -0.4 is 10.6 Å². The summed E-state index contributed by atoms with van der Waals surface area (Å²) in [6.45, 7) is 1.96. The second-order valence-corrected chi connectivity index (χ2v) is 6.14. The van der Waals surface area contributed by atoms with Crippen molar-refractivity contribution in [1.82, 2.24) is 20.8 Å². The highest BCUT2D eigenvalue weighted by Crippen LogP contribution is 2.21. The zero-order valence-electron chi connectivity index (χ0n) is 15.1. The molecular weight excluding hydrogens is 366 g/mol. The van der Waals surface area contributed by atoms with Crippen LogP contribution in [0.25, 0.3) is 11.3 Å². The van der Waals surface area contributed by atoms with Crippen molar-refractivity contribution in [3.8, 4) is 11.3 Å². The Morgan fingerprint density at radius 1 is 1.00 bits per heavy atom. The van der Waals surface area contributed by atoms with Gasteiger partial charge in [-0.05, 0) is 48.9 Å². The van der Waals surface area contributed by atoms with Gasteiger partial charge in [0.1, 0.15) is 11.6 Å². The summed E-state index contributed by atoms with van der Waals surface area (Å²) in [6, 6.07) is 9.90. The summed E-state index contributed by atoms with van der Waals surface area (Å²) in [6.07, 6.45) is 1.38. The number of nitrogens with one attached hydrogen (secondary N) is 3. The first-order chi connectivity index (χ1) is 13.5. The van der Waals surface area contributed by atoms with Gasteiger partial charge in [0.05, 0.1) is 17.5 Å². The van der Waals surface area contributed by atoms with Crippen molar-refractivity contribution in [2.24, 2.45) is 0 Å². The number of aryl methyl sites for hydroxylation is 1. The minimum atomic E-state index is -0.450. The molecule has 0 saturated carbocycles. The normalized spacial score (nSPS) is 10.5. The van der Waals surface area contributed by atoms with E-state index >= 15 is 0 Å². The Bertz CT molecular complexity index is 1000. The number of aromatic amines is 1. The number of hydrogen-bond donors (Lipinski definition) is 3. The molecule has 28 heavy (non-hydrogen) atoms. The molecule has 144 valence electrons. The summed E-state index contributed by atoms with van der Waals surface area (Å²) in [5, 5.41) is 11.9. The Balaban J connectivity index is 1.54. The topological polar surface area (TPSA) is 86.9 Å². The average molecular weight is 384 g/mol. The molecule has 0 fully saturated rings. The number of carbonyl (C=O) groups is 2. The van der Waals surface area contributed by atoms with Gasteiger partial charge in [-0.2, -0.15) is 5.10 Å². The molecule has 0 unspecified atom stereocenters. The first-order valence-electron chi connectivity index (χ1n) is 8.57. The van der Waals surface area contributed by atoms with Crippen LogP contribution in [-0.4, -0.2) is 35.1 Å². The number of aromatic nitrogens is 2. The van der Waals surface area contributed by atoms with Crippen molar-refractivity contribution in [3.05, 3.63) is 77.0 Å². The highest BCUT2D eigenvalue weighted by Gasteiger charge is 2.15. The van der Waals surface area contributed by atoms with E-state index in [4.69, 9.17) is 0 Å². The molecule has 0 bridgehead atoms. The Hall–Kier alpha value is -3.55. The molecule has 0 saturated heterocycles. The van der Waals surface area contributed by atoms with E-state index in [1.807, 2.05) is 0 Å². The number of amides is 2. The van der Waals surface area contributed by atoms with Gasteiger partial charge in [-0.3, -0.25) is 14.7 Å². The minimum absolute atomic E-state index is 0.170. The highest BCUT2D eigenvalue weighted by atomic mass is 19.1. The molecule has 3 N–H and O–H groups in total. The van der Waals surface area contributed by atoms with Crippen molar-refractivity contribution in [1.29, 1.82) is 0 Å². The summed E-state index contributed by atoms with van der Waals surface area (Å²) in [5.74, 6) is -1.64. The van der Waals surface area contributed by atoms with Crippen LogP contribution in [-0.2, 0) is 0 Å². The molecule has 6 nitrogen and oxygen atoms in total. The van der Waals surface area contributed by atoms with Gasteiger partial charge in [-0.1, -0.05) is 6.07 Å². The van der Waals surface area contributed by atoms with E-state index in [0.29, 0.717) is 22.4 Å². The molecule has 1 heterocycles. The lowest BCUT2D eigenvalue weighted by molar-refractivity contribution is 0.0928. The van der Waals surface area contributed by atoms with E-state index in [2.05, 4.69) is 20.8 Å². The third-order valence-electron chi connectivity index (χ3n) is 4.15. The quantitative estimate of drug-likeness (QED) is 0.571. The van der Waals surface area contributed by atoms with Gasteiger partial charge < -0.3 is 10.6 Å². The largest absolute Gasteiger partial charge is 0.350 e. The van der Waals surface area contributed by atoms with Gasteiger partial charge in [0.25, 0.3) is 11.8 Å². The molecule has 0 aliphatic carbocycles. The van der Waals surface area contributed by atoms with Crippen molar-refractivity contribution < 1.29 is 18.4 Å². The van der Waals surface area contributed by atoms with E-state index in [1.165, 1.54) is 36.5 Å². The minimum Gasteiger partial charge on any atom is -0.350 e. The molecule has 0 atom stereocenters. The number of H-pyrrole nitrogens is 1. The lowest BCUT2D eigenvalue weighted by Crippen LogP contribution is -2.34. The van der Waals surface area contributed by atoms with Crippen LogP contribution in [0.2, 0.25) is 0 Å². The van der Waals surface area contributed by atoms with E-state index in [-0.39, 0.29) is 30.4 Å². The van der Waals surface area contributed by atoms with Crippen LogP contribution in [0.1, 0.15) is 26.3 Å². The Morgan fingerprint density at radius 2 is 1.68 bits per heavy atom. The first-order valence-corrected chi connectivity index (χ1v) is 8.57. The molecule has 0 aliphatic heterocycles. The summed E-state index contributed by atoms with van der Waals surface area (Å²) in [7, 11) is 0.